The first kappa shape index (κ1) is 23.5. The number of carbonyl (C=O) groups is 3. The van der Waals surface area contributed by atoms with Gasteiger partial charge in [0, 0.05) is 29.2 Å². The van der Waals surface area contributed by atoms with Gasteiger partial charge in [0.1, 0.15) is 5.70 Å². The van der Waals surface area contributed by atoms with Gasteiger partial charge in [-0.05, 0) is 51.7 Å². The summed E-state index contributed by atoms with van der Waals surface area (Å²) in [5.74, 6) is -1.60. The quantitative estimate of drug-likeness (QED) is 0.431. The number of hydrogen-bond donors (Lipinski definition) is 3. The highest BCUT2D eigenvalue weighted by Crippen LogP contribution is 2.51. The van der Waals surface area contributed by atoms with E-state index in [0.717, 1.165) is 56.9 Å². The Morgan fingerprint density at radius 3 is 2.44 bits per heavy atom. The molecule has 5 atom stereocenters. The number of aliphatic hydroxyl groups is 1. The van der Waals surface area contributed by atoms with Gasteiger partial charge in [0.05, 0.1) is 24.6 Å². The van der Waals surface area contributed by atoms with Gasteiger partial charge in [0.2, 0.25) is 11.8 Å². The monoisotopic (exact) mass is 466 g/mol. The molecule has 0 aromatic rings. The van der Waals surface area contributed by atoms with E-state index >= 15 is 0 Å². The number of aliphatic carboxylic acids is 1. The van der Waals surface area contributed by atoms with E-state index < -0.39 is 18.0 Å². The summed E-state index contributed by atoms with van der Waals surface area (Å²) in [5, 5.41) is 20.1. The van der Waals surface area contributed by atoms with E-state index in [0.29, 0.717) is 17.7 Å². The van der Waals surface area contributed by atoms with Crippen LogP contribution in [0.2, 0.25) is 0 Å². The lowest BCUT2D eigenvalue weighted by molar-refractivity contribution is -0.163. The Bertz CT molecular complexity index is 810. The van der Waals surface area contributed by atoms with Crippen molar-refractivity contribution < 1.29 is 24.6 Å². The Morgan fingerprint density at radius 2 is 1.84 bits per heavy atom. The van der Waals surface area contributed by atoms with Crippen molar-refractivity contribution in [2.75, 3.05) is 39.3 Å². The van der Waals surface area contributed by atoms with Crippen molar-refractivity contribution in [3.8, 4) is 0 Å². The van der Waals surface area contributed by atoms with Crippen LogP contribution in [0.15, 0.2) is 10.6 Å². The number of carboxylic acids is 1. The van der Waals surface area contributed by atoms with E-state index in [-0.39, 0.29) is 29.5 Å². The summed E-state index contributed by atoms with van der Waals surface area (Å²) in [7, 11) is 0. The number of hydrogen-bond acceptors (Lipinski definition) is 7. The van der Waals surface area contributed by atoms with E-state index in [1.54, 1.807) is 18.7 Å². The number of fused-ring (bicyclic) bond motifs is 1. The predicted octanol–water partition coefficient (Wildman–Crippen LogP) is 0.145. The third kappa shape index (κ3) is 4.42. The second-order valence-electron chi connectivity index (χ2n) is 9.75. The molecule has 2 amide bonds. The van der Waals surface area contributed by atoms with Crippen LogP contribution in [0.1, 0.15) is 33.1 Å². The Labute approximate surface area is 193 Å². The molecule has 0 spiro atoms. The summed E-state index contributed by atoms with van der Waals surface area (Å²) in [6.07, 6.45) is 2.34. The Hall–Kier alpha value is -1.62. The summed E-state index contributed by atoms with van der Waals surface area (Å²) in [5.41, 5.74) is 5.42. The molecular formula is C22H34N4O5S. The van der Waals surface area contributed by atoms with Crippen molar-refractivity contribution >= 4 is 29.5 Å². The van der Waals surface area contributed by atoms with Crippen LogP contribution in [0.3, 0.4) is 0 Å². The summed E-state index contributed by atoms with van der Waals surface area (Å²) >= 11 is 1.62. The molecule has 4 aliphatic heterocycles. The number of carbonyl (C=O) groups excluding carboxylic acids is 2. The highest BCUT2D eigenvalue weighted by Gasteiger charge is 2.60. The Balaban J connectivity index is 1.33. The summed E-state index contributed by atoms with van der Waals surface area (Å²) in [6.45, 7) is 8.66. The zero-order valence-corrected chi connectivity index (χ0v) is 19.6. The van der Waals surface area contributed by atoms with Gasteiger partial charge in [0.15, 0.2) is 0 Å². The number of aliphatic hydroxyl groups excluding tert-OH is 1. The van der Waals surface area contributed by atoms with E-state index in [1.807, 2.05) is 6.92 Å². The van der Waals surface area contributed by atoms with Crippen LogP contribution in [0.4, 0.5) is 0 Å². The van der Waals surface area contributed by atoms with Crippen molar-refractivity contribution in [3.05, 3.63) is 10.6 Å². The van der Waals surface area contributed by atoms with Gasteiger partial charge in [-0.2, -0.15) is 0 Å². The van der Waals surface area contributed by atoms with Gasteiger partial charge >= 0.3 is 5.97 Å². The number of nitrogens with zero attached hydrogens (tertiary/aromatic N) is 3. The maximum atomic E-state index is 12.5. The summed E-state index contributed by atoms with van der Waals surface area (Å²) < 4.78 is 0. The molecule has 1 unspecified atom stereocenters. The molecule has 4 heterocycles. The predicted molar refractivity (Wildman–Crippen MR) is 120 cm³/mol. The number of β-lactam (4-membered cyclic amide) rings is 1. The fourth-order valence-electron chi connectivity index (χ4n) is 5.83. The van der Waals surface area contributed by atoms with Crippen LogP contribution in [0.25, 0.3) is 0 Å². The van der Waals surface area contributed by atoms with E-state index in [4.69, 9.17) is 5.73 Å². The van der Waals surface area contributed by atoms with Crippen LogP contribution in [0, 0.1) is 17.8 Å². The van der Waals surface area contributed by atoms with Crippen molar-refractivity contribution in [2.24, 2.45) is 23.5 Å². The van der Waals surface area contributed by atoms with Gasteiger partial charge in [-0.1, -0.05) is 6.92 Å². The minimum Gasteiger partial charge on any atom is -0.477 e. The number of likely N-dealkylation sites (tertiary alicyclic amines) is 2. The van der Waals surface area contributed by atoms with Gasteiger partial charge in [-0.25, -0.2) is 4.79 Å². The fourth-order valence-corrected chi connectivity index (χ4v) is 7.35. The van der Waals surface area contributed by atoms with Crippen LogP contribution in [-0.4, -0.2) is 99.4 Å². The zero-order chi connectivity index (χ0) is 23.2. The van der Waals surface area contributed by atoms with E-state index in [1.165, 1.54) is 4.90 Å². The van der Waals surface area contributed by atoms with Gasteiger partial charge < -0.3 is 25.7 Å². The first-order valence-electron chi connectivity index (χ1n) is 11.6. The van der Waals surface area contributed by atoms with E-state index in [2.05, 4.69) is 9.80 Å². The summed E-state index contributed by atoms with van der Waals surface area (Å²) in [4.78, 5) is 42.4. The molecule has 0 saturated carbocycles. The molecule has 32 heavy (non-hydrogen) atoms. The molecule has 0 aromatic carbocycles. The number of primary amides is 1. The van der Waals surface area contributed by atoms with Gasteiger partial charge in [-0.3, -0.25) is 14.5 Å². The number of piperidine rings is 1. The molecule has 178 valence electrons. The smallest absolute Gasteiger partial charge is 0.353 e. The molecule has 0 aliphatic carbocycles. The van der Waals surface area contributed by atoms with Crippen molar-refractivity contribution in [3.63, 3.8) is 0 Å². The molecule has 9 nitrogen and oxygen atoms in total. The number of rotatable bonds is 8. The molecule has 4 rings (SSSR count). The zero-order valence-electron chi connectivity index (χ0n) is 18.8. The first-order valence-corrected chi connectivity index (χ1v) is 12.4. The second kappa shape index (κ2) is 9.32. The number of carboxylic acid groups (broad SMARTS) is 1. The molecule has 3 fully saturated rings. The number of nitrogens with two attached hydrogens (primary N) is 1. The van der Waals surface area contributed by atoms with Crippen LogP contribution in [0.5, 0.6) is 0 Å². The fraction of sp³-hybridized carbons (Fsp3) is 0.773. The molecule has 10 heteroatoms. The lowest BCUT2D eigenvalue weighted by Crippen LogP contribution is -2.63. The van der Waals surface area contributed by atoms with Gasteiger partial charge in [0.25, 0.3) is 0 Å². The third-order valence-corrected chi connectivity index (χ3v) is 8.97. The Kier molecular flexibility index (Phi) is 6.86. The van der Waals surface area contributed by atoms with Gasteiger partial charge in [-0.15, -0.1) is 11.8 Å². The molecule has 0 bridgehead atoms. The SMILES string of the molecule is CC(O)[C@H]1C(=O)N2C(C(=O)O)=C(S[C@@H]3CCN(CC4CCN(CC(N)=O)CC4)C3)[C@H](C)[C@H]12. The third-order valence-electron chi connectivity index (χ3n) is 7.44. The van der Waals surface area contributed by atoms with Crippen molar-refractivity contribution in [2.45, 2.75) is 50.5 Å². The average molecular weight is 467 g/mol. The maximum Gasteiger partial charge on any atom is 0.353 e. The highest BCUT2D eigenvalue weighted by molar-refractivity contribution is 8.03. The number of thioether (sulfide) groups is 1. The minimum atomic E-state index is -1.06. The standard InChI is InChI=1S/C22H34N4O5S/c1-12-18-17(13(2)27)21(29)26(18)19(22(30)31)20(12)32-15-5-8-25(10-15)9-14-3-6-24(7-4-14)11-16(23)28/h12-15,17-18,27H,3-11H2,1-2H3,(H2,23,28)(H,30,31)/t12-,13?,15-,17-,18-/m1/s1. The van der Waals surface area contributed by atoms with Crippen LogP contribution in [-0.2, 0) is 14.4 Å². The Morgan fingerprint density at radius 1 is 1.19 bits per heavy atom. The first-order chi connectivity index (χ1) is 15.2. The molecule has 4 aliphatic rings. The highest BCUT2D eigenvalue weighted by atomic mass is 32.2. The number of amides is 2. The summed E-state index contributed by atoms with van der Waals surface area (Å²) in [6, 6.07) is -0.251. The molecule has 0 radical (unpaired) electrons. The molecule has 3 saturated heterocycles. The normalized spacial score (nSPS) is 32.8. The van der Waals surface area contributed by atoms with Crippen molar-refractivity contribution in [1.29, 1.82) is 0 Å². The van der Waals surface area contributed by atoms with Crippen LogP contribution < -0.4 is 5.73 Å². The molecular weight excluding hydrogens is 432 g/mol. The molecule has 4 N–H and O–H groups in total. The van der Waals surface area contributed by atoms with Crippen LogP contribution >= 0.6 is 11.8 Å². The molecule has 0 aromatic heterocycles. The minimum absolute atomic E-state index is 0.0768. The lowest BCUT2D eigenvalue weighted by Gasteiger charge is -2.46. The van der Waals surface area contributed by atoms with E-state index in [9.17, 15) is 24.6 Å². The second-order valence-corrected chi connectivity index (χ2v) is 11.1. The maximum absolute atomic E-state index is 12.5. The largest absolute Gasteiger partial charge is 0.477 e. The average Bonchev–Trinajstić information content (AvgIpc) is 3.24. The topological polar surface area (TPSA) is 127 Å². The van der Waals surface area contributed by atoms with Crippen molar-refractivity contribution in [1.82, 2.24) is 14.7 Å². The lowest BCUT2D eigenvalue weighted by atomic mass is 9.79.